The van der Waals surface area contributed by atoms with E-state index in [9.17, 15) is 0 Å². The molecule has 0 atom stereocenters. The van der Waals surface area contributed by atoms with E-state index in [1.54, 1.807) is 0 Å². The van der Waals surface area contributed by atoms with Gasteiger partial charge >= 0.3 is 0 Å². The Hall–Kier alpha value is -1.57. The van der Waals surface area contributed by atoms with Crippen molar-refractivity contribution in [1.82, 2.24) is 4.98 Å². The summed E-state index contributed by atoms with van der Waals surface area (Å²) < 4.78 is 5.84. The molecule has 0 spiro atoms. The standard InChI is InChI=1S/C16H19NO/c1-11-7-9-14(10-8-11)16-15(17-12(2)18-16)13-5-3-4-6-13/h7-10,13H,3-6H2,1-2H3. The number of hydrogen-bond acceptors (Lipinski definition) is 2. The number of aromatic nitrogens is 1. The quantitative estimate of drug-likeness (QED) is 0.767. The van der Waals surface area contributed by atoms with Crippen LogP contribution in [0.3, 0.4) is 0 Å². The van der Waals surface area contributed by atoms with Crippen LogP contribution in [0.25, 0.3) is 11.3 Å². The van der Waals surface area contributed by atoms with E-state index in [1.165, 1.54) is 36.9 Å². The molecule has 1 aromatic heterocycles. The van der Waals surface area contributed by atoms with Gasteiger partial charge in [0.2, 0.25) is 0 Å². The van der Waals surface area contributed by atoms with Crippen molar-refractivity contribution in [1.29, 1.82) is 0 Å². The van der Waals surface area contributed by atoms with E-state index in [1.807, 2.05) is 6.92 Å². The maximum absolute atomic E-state index is 5.84. The van der Waals surface area contributed by atoms with Gasteiger partial charge in [-0.2, -0.15) is 0 Å². The maximum Gasteiger partial charge on any atom is 0.192 e. The van der Waals surface area contributed by atoms with Gasteiger partial charge in [0.05, 0.1) is 5.69 Å². The molecule has 0 unspecified atom stereocenters. The molecule has 94 valence electrons. The summed E-state index contributed by atoms with van der Waals surface area (Å²) in [5, 5.41) is 0. The Balaban J connectivity index is 2.02. The Kier molecular flexibility index (Phi) is 2.94. The third-order valence-corrected chi connectivity index (χ3v) is 3.82. The lowest BCUT2D eigenvalue weighted by Gasteiger charge is -2.07. The third kappa shape index (κ3) is 2.07. The summed E-state index contributed by atoms with van der Waals surface area (Å²) in [6, 6.07) is 8.53. The maximum atomic E-state index is 5.84. The van der Waals surface area contributed by atoms with Gasteiger partial charge in [-0.1, -0.05) is 42.7 Å². The van der Waals surface area contributed by atoms with E-state index in [0.717, 1.165) is 17.2 Å². The van der Waals surface area contributed by atoms with Gasteiger partial charge in [0.1, 0.15) is 0 Å². The molecule has 0 bridgehead atoms. The highest BCUT2D eigenvalue weighted by atomic mass is 16.4. The van der Waals surface area contributed by atoms with Crippen LogP contribution in [0.5, 0.6) is 0 Å². The van der Waals surface area contributed by atoms with E-state index >= 15 is 0 Å². The molecule has 1 aliphatic rings. The second-order valence-corrected chi connectivity index (χ2v) is 5.29. The SMILES string of the molecule is Cc1ccc(-c2oc(C)nc2C2CCCC2)cc1. The number of rotatable bonds is 2. The lowest BCUT2D eigenvalue weighted by molar-refractivity contribution is 0.533. The van der Waals surface area contributed by atoms with E-state index in [0.29, 0.717) is 5.92 Å². The zero-order chi connectivity index (χ0) is 12.5. The number of nitrogens with zero attached hydrogens (tertiary/aromatic N) is 1. The minimum atomic E-state index is 0.596. The highest BCUT2D eigenvalue weighted by Gasteiger charge is 2.25. The number of oxazole rings is 1. The van der Waals surface area contributed by atoms with Crippen LogP contribution in [0.4, 0.5) is 0 Å². The minimum absolute atomic E-state index is 0.596. The summed E-state index contributed by atoms with van der Waals surface area (Å²) >= 11 is 0. The first-order valence-corrected chi connectivity index (χ1v) is 6.78. The van der Waals surface area contributed by atoms with Crippen LogP contribution in [-0.4, -0.2) is 4.98 Å². The van der Waals surface area contributed by atoms with Crippen LogP contribution in [0, 0.1) is 13.8 Å². The zero-order valence-corrected chi connectivity index (χ0v) is 11.1. The lowest BCUT2D eigenvalue weighted by atomic mass is 9.99. The number of benzene rings is 1. The molecular weight excluding hydrogens is 222 g/mol. The van der Waals surface area contributed by atoms with Crippen LogP contribution in [-0.2, 0) is 0 Å². The predicted molar refractivity (Wildman–Crippen MR) is 72.6 cm³/mol. The first kappa shape index (κ1) is 11.5. The van der Waals surface area contributed by atoms with E-state index in [4.69, 9.17) is 4.42 Å². The normalized spacial score (nSPS) is 16.3. The predicted octanol–water partition coefficient (Wildman–Crippen LogP) is 4.62. The summed E-state index contributed by atoms with van der Waals surface area (Å²) in [4.78, 5) is 4.62. The Labute approximate surface area is 108 Å². The summed E-state index contributed by atoms with van der Waals surface area (Å²) in [5.74, 6) is 2.37. The van der Waals surface area contributed by atoms with E-state index < -0.39 is 0 Å². The van der Waals surface area contributed by atoms with Crippen molar-refractivity contribution in [3.8, 4) is 11.3 Å². The van der Waals surface area contributed by atoms with Crippen LogP contribution < -0.4 is 0 Å². The van der Waals surface area contributed by atoms with Gasteiger partial charge in [-0.15, -0.1) is 0 Å². The molecule has 1 aliphatic carbocycles. The Bertz CT molecular complexity index is 533. The molecule has 0 radical (unpaired) electrons. The molecule has 1 aromatic carbocycles. The first-order chi connectivity index (χ1) is 8.74. The fourth-order valence-corrected chi connectivity index (χ4v) is 2.83. The van der Waals surface area contributed by atoms with Gasteiger partial charge in [0, 0.05) is 18.4 Å². The fraction of sp³-hybridized carbons (Fsp3) is 0.438. The van der Waals surface area contributed by atoms with Crippen molar-refractivity contribution >= 4 is 0 Å². The van der Waals surface area contributed by atoms with Crippen molar-refractivity contribution in [2.75, 3.05) is 0 Å². The topological polar surface area (TPSA) is 26.0 Å². The first-order valence-electron chi connectivity index (χ1n) is 6.78. The summed E-state index contributed by atoms with van der Waals surface area (Å²) in [6.07, 6.45) is 5.16. The lowest BCUT2D eigenvalue weighted by Crippen LogP contribution is -1.95. The van der Waals surface area contributed by atoms with Gasteiger partial charge in [-0.3, -0.25) is 0 Å². The Morgan fingerprint density at radius 2 is 1.72 bits per heavy atom. The van der Waals surface area contributed by atoms with Gasteiger partial charge < -0.3 is 4.42 Å². The Morgan fingerprint density at radius 1 is 1.06 bits per heavy atom. The highest BCUT2D eigenvalue weighted by Crippen LogP contribution is 2.39. The molecule has 3 rings (SSSR count). The molecule has 0 saturated heterocycles. The summed E-state index contributed by atoms with van der Waals surface area (Å²) in [6.45, 7) is 4.05. The monoisotopic (exact) mass is 241 g/mol. The van der Waals surface area contributed by atoms with Crippen LogP contribution in [0.1, 0.15) is 48.7 Å². The van der Waals surface area contributed by atoms with Gasteiger partial charge in [0.15, 0.2) is 11.7 Å². The molecule has 2 nitrogen and oxygen atoms in total. The smallest absolute Gasteiger partial charge is 0.192 e. The minimum Gasteiger partial charge on any atom is -0.441 e. The molecular formula is C16H19NO. The van der Waals surface area contributed by atoms with Crippen molar-refractivity contribution in [3.63, 3.8) is 0 Å². The largest absolute Gasteiger partial charge is 0.441 e. The van der Waals surface area contributed by atoms with Gasteiger partial charge in [0.25, 0.3) is 0 Å². The molecule has 1 heterocycles. The molecule has 2 aromatic rings. The number of hydrogen-bond donors (Lipinski definition) is 0. The Morgan fingerprint density at radius 3 is 2.39 bits per heavy atom. The van der Waals surface area contributed by atoms with E-state index in [2.05, 4.69) is 36.2 Å². The molecule has 0 N–H and O–H groups in total. The fourth-order valence-electron chi connectivity index (χ4n) is 2.83. The highest BCUT2D eigenvalue weighted by molar-refractivity contribution is 5.61. The second-order valence-electron chi connectivity index (χ2n) is 5.29. The van der Waals surface area contributed by atoms with Crippen LogP contribution in [0.15, 0.2) is 28.7 Å². The van der Waals surface area contributed by atoms with Crippen LogP contribution in [0.2, 0.25) is 0 Å². The second kappa shape index (κ2) is 4.60. The molecule has 1 fully saturated rings. The van der Waals surface area contributed by atoms with Crippen molar-refractivity contribution < 1.29 is 4.42 Å². The zero-order valence-electron chi connectivity index (χ0n) is 11.1. The average molecular weight is 241 g/mol. The van der Waals surface area contributed by atoms with Crippen molar-refractivity contribution in [3.05, 3.63) is 41.4 Å². The van der Waals surface area contributed by atoms with Gasteiger partial charge in [-0.05, 0) is 19.8 Å². The molecule has 0 aliphatic heterocycles. The average Bonchev–Trinajstić information content (AvgIpc) is 2.98. The molecule has 18 heavy (non-hydrogen) atoms. The van der Waals surface area contributed by atoms with Gasteiger partial charge in [-0.25, -0.2) is 4.98 Å². The van der Waals surface area contributed by atoms with Crippen LogP contribution >= 0.6 is 0 Å². The number of aryl methyl sites for hydroxylation is 2. The molecule has 2 heteroatoms. The third-order valence-electron chi connectivity index (χ3n) is 3.82. The van der Waals surface area contributed by atoms with E-state index in [-0.39, 0.29) is 0 Å². The van der Waals surface area contributed by atoms with Crippen molar-refractivity contribution in [2.45, 2.75) is 45.4 Å². The molecule has 0 amide bonds. The summed E-state index contributed by atoms with van der Waals surface area (Å²) in [7, 11) is 0. The summed E-state index contributed by atoms with van der Waals surface area (Å²) in [5.41, 5.74) is 3.61. The molecule has 1 saturated carbocycles. The van der Waals surface area contributed by atoms with Crippen molar-refractivity contribution in [2.24, 2.45) is 0 Å².